The Bertz CT molecular complexity index is 4890. The maximum Gasteiger partial charge on any atom is 0.337 e. The molecule has 0 saturated heterocycles. The Kier molecular flexibility index (Phi) is 20.6. The van der Waals surface area contributed by atoms with Crippen LogP contribution < -0.4 is 23.7 Å². The molecule has 1 aliphatic carbocycles. The number of carbonyl (C=O) groups is 2. The van der Waals surface area contributed by atoms with Crippen LogP contribution in [0.2, 0.25) is 0 Å². The molecule has 3 aromatic heterocycles. The predicted octanol–water partition coefficient (Wildman–Crippen LogP) is 18.4. The average molecular weight is 1360 g/mol. The van der Waals surface area contributed by atoms with E-state index >= 15 is 0 Å². The molecular formula is C81H70BrN3O12. The van der Waals surface area contributed by atoms with Crippen LogP contribution in [0.5, 0.6) is 34.5 Å². The SMILES string of the molecule is COC(=O)c1ccc(CBr)cc1.COC(=O)c1ccc(COc2cccc3c2c2ccccc2n3Cc2ccc(OCc3nc(-c4ccccc4)oc3C)c(OC)c2)cc1.COc1cc(CC2c3ccccc3-c3c(O)cccc32)ccc1OCc1nc(-c2ccccc2)oc1C. The molecule has 1 N–H and O–H groups in total. The molecule has 0 radical (unpaired) electrons. The largest absolute Gasteiger partial charge is 0.507 e. The van der Waals surface area contributed by atoms with E-state index in [0.717, 1.165) is 112 Å². The van der Waals surface area contributed by atoms with Gasteiger partial charge in [-0.1, -0.05) is 149 Å². The molecule has 14 rings (SSSR count). The number of ether oxygens (including phenoxy) is 7. The Hall–Kier alpha value is -11.4. The number of esters is 2. The number of oxazole rings is 2. The first-order valence-electron chi connectivity index (χ1n) is 31.5. The zero-order valence-electron chi connectivity index (χ0n) is 54.4. The van der Waals surface area contributed by atoms with Crippen LogP contribution in [0, 0.1) is 13.8 Å². The second-order valence-electron chi connectivity index (χ2n) is 23.0. The molecule has 97 heavy (non-hydrogen) atoms. The van der Waals surface area contributed by atoms with Gasteiger partial charge in [0.25, 0.3) is 0 Å². The molecule has 13 aromatic rings. The summed E-state index contributed by atoms with van der Waals surface area (Å²) in [6, 6.07) is 74.8. The van der Waals surface area contributed by atoms with Crippen LogP contribution in [-0.2, 0) is 47.6 Å². The lowest BCUT2D eigenvalue weighted by Crippen LogP contribution is -2.03. The normalized spacial score (nSPS) is 11.9. The standard InChI is InChI=1S/C40H34N2O6.C32H27NO4.C9H9BrO2/c1-26-32(41-39(48-26)29-10-5-4-6-11-29)25-47-35-21-18-28(22-37(35)44-2)23-42-33-13-8-7-12-31(33)38-34(42)14-9-15-36(38)46-24-27-16-19-30(20-17-27)40(43)45-3;1-20-27(33-32(37-20)22-9-4-3-5-10-22)19-36-29-16-15-21(18-30(29)35-2)17-26-23-11-6-7-12-24(23)31-25(26)13-8-14-28(31)34;1-12-9(11)8-4-2-7(6-10)3-5-8/h4-22H,23-25H2,1-3H3;3-16,18,26,34H,17,19H2,1-2H3;2-5H,6H2,1H3. The molecule has 16 heteroatoms. The second-order valence-corrected chi connectivity index (χ2v) is 23.5. The fourth-order valence-corrected chi connectivity index (χ4v) is 12.3. The summed E-state index contributed by atoms with van der Waals surface area (Å²) in [5.74, 6) is 5.81. The highest BCUT2D eigenvalue weighted by molar-refractivity contribution is 9.08. The van der Waals surface area contributed by atoms with Crippen LogP contribution in [0.1, 0.15) is 82.9 Å². The molecule has 1 unspecified atom stereocenters. The zero-order chi connectivity index (χ0) is 67.4. The van der Waals surface area contributed by atoms with Crippen molar-refractivity contribution >= 4 is 49.7 Å². The average Bonchev–Trinajstić information content (AvgIpc) is 1.61. The van der Waals surface area contributed by atoms with Crippen molar-refractivity contribution in [3.63, 3.8) is 0 Å². The number of rotatable bonds is 20. The van der Waals surface area contributed by atoms with Crippen molar-refractivity contribution in [1.29, 1.82) is 0 Å². The lowest BCUT2D eigenvalue weighted by molar-refractivity contribution is 0.0592. The summed E-state index contributed by atoms with van der Waals surface area (Å²) in [6.07, 6.45) is 0.785. The molecule has 15 nitrogen and oxygen atoms in total. The number of carbonyl (C=O) groups excluding carboxylic acids is 2. The molecule has 0 aliphatic heterocycles. The van der Waals surface area contributed by atoms with Crippen molar-refractivity contribution in [2.75, 3.05) is 28.4 Å². The highest BCUT2D eigenvalue weighted by Crippen LogP contribution is 2.50. The van der Waals surface area contributed by atoms with Crippen LogP contribution in [0.4, 0.5) is 0 Å². The Morgan fingerprint density at radius 2 is 0.979 bits per heavy atom. The van der Waals surface area contributed by atoms with Crippen molar-refractivity contribution in [2.24, 2.45) is 0 Å². The molecule has 0 amide bonds. The van der Waals surface area contributed by atoms with Crippen molar-refractivity contribution in [2.45, 2.75) is 57.9 Å². The van der Waals surface area contributed by atoms with Gasteiger partial charge in [0, 0.05) is 50.8 Å². The van der Waals surface area contributed by atoms with Gasteiger partial charge in [0.15, 0.2) is 23.0 Å². The smallest absolute Gasteiger partial charge is 0.337 e. The lowest BCUT2D eigenvalue weighted by atomic mass is 9.90. The third-order valence-electron chi connectivity index (χ3n) is 16.9. The first kappa shape index (κ1) is 65.7. The summed E-state index contributed by atoms with van der Waals surface area (Å²) in [4.78, 5) is 32.1. The van der Waals surface area contributed by atoms with E-state index in [4.69, 9.17) is 37.3 Å². The van der Waals surface area contributed by atoms with Gasteiger partial charge < -0.3 is 51.7 Å². The molecule has 10 aromatic carbocycles. The summed E-state index contributed by atoms with van der Waals surface area (Å²) in [5.41, 5.74) is 15.3. The molecule has 0 bridgehead atoms. The number of aromatic hydroxyl groups is 1. The van der Waals surface area contributed by atoms with Crippen molar-refractivity contribution in [1.82, 2.24) is 14.5 Å². The van der Waals surface area contributed by atoms with Gasteiger partial charge in [0.1, 0.15) is 54.2 Å². The third-order valence-corrected chi connectivity index (χ3v) is 17.6. The lowest BCUT2D eigenvalue weighted by Gasteiger charge is -2.16. The number of hydrogen-bond donors (Lipinski definition) is 1. The van der Waals surface area contributed by atoms with E-state index in [2.05, 4.69) is 89.8 Å². The molecule has 0 fully saturated rings. The molecule has 1 atom stereocenters. The van der Waals surface area contributed by atoms with Crippen LogP contribution in [0.15, 0.2) is 239 Å². The Labute approximate surface area is 570 Å². The van der Waals surface area contributed by atoms with Crippen LogP contribution >= 0.6 is 15.9 Å². The van der Waals surface area contributed by atoms with Crippen LogP contribution in [0.25, 0.3) is 55.8 Å². The maximum atomic E-state index is 11.8. The fraction of sp³-hybridized carbons (Fsp3) is 0.160. The Morgan fingerprint density at radius 3 is 1.57 bits per heavy atom. The third kappa shape index (κ3) is 14.8. The Morgan fingerprint density at radius 1 is 0.485 bits per heavy atom. The number of fused-ring (bicyclic) bond motifs is 6. The number of methoxy groups -OCH3 is 4. The number of alkyl halides is 1. The van der Waals surface area contributed by atoms with E-state index in [0.29, 0.717) is 64.8 Å². The topological polar surface area (TPSA) is 176 Å². The van der Waals surface area contributed by atoms with Crippen molar-refractivity contribution < 1.29 is 56.7 Å². The quantitative estimate of drug-likeness (QED) is 0.0563. The number of phenolic OH excluding ortho intramolecular Hbond substituents is 1. The second kappa shape index (κ2) is 30.4. The molecule has 1 aliphatic rings. The van der Waals surface area contributed by atoms with Gasteiger partial charge in [-0.05, 0) is 156 Å². The van der Waals surface area contributed by atoms with Crippen molar-refractivity contribution in [3.05, 3.63) is 298 Å². The summed E-state index contributed by atoms with van der Waals surface area (Å²) < 4.78 is 53.6. The van der Waals surface area contributed by atoms with Gasteiger partial charge in [0.2, 0.25) is 11.8 Å². The van der Waals surface area contributed by atoms with E-state index < -0.39 is 0 Å². The van der Waals surface area contributed by atoms with Gasteiger partial charge in [0.05, 0.1) is 45.1 Å². The molecule has 0 saturated carbocycles. The van der Waals surface area contributed by atoms with Gasteiger partial charge in [-0.25, -0.2) is 19.6 Å². The van der Waals surface area contributed by atoms with Gasteiger partial charge in [-0.15, -0.1) is 0 Å². The minimum atomic E-state index is -0.362. The monoisotopic (exact) mass is 1360 g/mol. The minimum absolute atomic E-state index is 0.156. The minimum Gasteiger partial charge on any atom is -0.507 e. The molecule has 488 valence electrons. The van der Waals surface area contributed by atoms with E-state index in [9.17, 15) is 14.7 Å². The predicted molar refractivity (Wildman–Crippen MR) is 378 cm³/mol. The molecular weight excluding hydrogens is 1290 g/mol. The number of para-hydroxylation sites is 1. The van der Waals surface area contributed by atoms with Crippen molar-refractivity contribution in [3.8, 4) is 68.5 Å². The Balaban J connectivity index is 0.000000161. The highest BCUT2D eigenvalue weighted by Gasteiger charge is 2.31. The number of aryl methyl sites for hydroxylation is 2. The number of nitrogens with zero attached hydrogens (tertiary/aromatic N) is 3. The summed E-state index contributed by atoms with van der Waals surface area (Å²) in [6.45, 7) is 5.30. The van der Waals surface area contributed by atoms with Gasteiger partial charge >= 0.3 is 11.9 Å². The molecule has 0 spiro atoms. The first-order chi connectivity index (χ1) is 47.4. The summed E-state index contributed by atoms with van der Waals surface area (Å²) >= 11 is 3.32. The van der Waals surface area contributed by atoms with Crippen LogP contribution in [-0.4, -0.2) is 60.0 Å². The van der Waals surface area contributed by atoms with Crippen LogP contribution in [0.3, 0.4) is 0 Å². The number of phenols is 1. The number of aromatic nitrogens is 3. The van der Waals surface area contributed by atoms with E-state index in [-0.39, 0.29) is 31.1 Å². The number of halogens is 1. The zero-order valence-corrected chi connectivity index (χ0v) is 56.0. The fourth-order valence-electron chi connectivity index (χ4n) is 11.9. The van der Waals surface area contributed by atoms with Gasteiger partial charge in [-0.3, -0.25) is 0 Å². The van der Waals surface area contributed by atoms with E-state index in [1.807, 2.05) is 159 Å². The maximum absolute atomic E-state index is 11.8. The van der Waals surface area contributed by atoms with Gasteiger partial charge in [-0.2, -0.15) is 0 Å². The molecule has 3 heterocycles. The van der Waals surface area contributed by atoms with E-state index in [1.165, 1.54) is 19.8 Å². The summed E-state index contributed by atoms with van der Waals surface area (Å²) in [7, 11) is 6.05. The van der Waals surface area contributed by atoms with E-state index in [1.54, 1.807) is 44.6 Å². The first-order valence-corrected chi connectivity index (χ1v) is 32.6. The number of benzene rings is 10. The summed E-state index contributed by atoms with van der Waals surface area (Å²) in [5, 5.41) is 13.5. The highest BCUT2D eigenvalue weighted by atomic mass is 79.9. The number of hydrogen-bond acceptors (Lipinski definition) is 14.